The van der Waals surface area contributed by atoms with E-state index in [1.54, 1.807) is 12.1 Å². The Labute approximate surface area is 115 Å². The van der Waals surface area contributed by atoms with Crippen molar-refractivity contribution in [3.63, 3.8) is 0 Å². The van der Waals surface area contributed by atoms with Crippen molar-refractivity contribution in [2.45, 2.75) is 25.8 Å². The molecule has 1 rings (SSSR count). The Balaban J connectivity index is 2.36. The largest absolute Gasteiger partial charge is 0.523 e. The van der Waals surface area contributed by atoms with Crippen molar-refractivity contribution in [3.05, 3.63) is 29.3 Å². The van der Waals surface area contributed by atoms with Gasteiger partial charge in [0.25, 0.3) is 0 Å². The molecule has 8 heteroatoms. The summed E-state index contributed by atoms with van der Waals surface area (Å²) in [6.07, 6.45) is 0.0301. The maximum absolute atomic E-state index is 12.0. The molecule has 0 radical (unpaired) electrons. The van der Waals surface area contributed by atoms with Crippen LogP contribution in [0.15, 0.2) is 18.2 Å². The van der Waals surface area contributed by atoms with Crippen molar-refractivity contribution in [2.24, 2.45) is 0 Å². The van der Waals surface area contributed by atoms with Crippen LogP contribution in [-0.2, 0) is 14.3 Å². The summed E-state index contributed by atoms with van der Waals surface area (Å²) in [5.41, 5.74) is -3.39. The summed E-state index contributed by atoms with van der Waals surface area (Å²) in [6.45, 7) is 3.26. The SMILES string of the molecule is Cc1cc(C)cc(OCCCOS(=O)(=O)C(F)(F)F)c1. The van der Waals surface area contributed by atoms with Crippen LogP contribution in [0, 0.1) is 13.8 Å². The van der Waals surface area contributed by atoms with Crippen LogP contribution in [0.4, 0.5) is 13.2 Å². The van der Waals surface area contributed by atoms with Crippen molar-refractivity contribution >= 4 is 10.1 Å². The lowest BCUT2D eigenvalue weighted by molar-refractivity contribution is -0.0544. The molecule has 0 heterocycles. The fourth-order valence-corrected chi connectivity index (χ4v) is 1.97. The van der Waals surface area contributed by atoms with Gasteiger partial charge in [-0.3, -0.25) is 4.18 Å². The molecule has 4 nitrogen and oxygen atoms in total. The molecule has 1 aromatic carbocycles. The number of halogens is 3. The normalized spacial score (nSPS) is 12.4. The Morgan fingerprint density at radius 3 is 2.10 bits per heavy atom. The highest BCUT2D eigenvalue weighted by Crippen LogP contribution is 2.24. The zero-order valence-electron chi connectivity index (χ0n) is 11.0. The molecule has 0 fully saturated rings. The highest BCUT2D eigenvalue weighted by Gasteiger charge is 2.47. The average molecular weight is 312 g/mol. The zero-order valence-corrected chi connectivity index (χ0v) is 11.8. The van der Waals surface area contributed by atoms with Gasteiger partial charge in [-0.15, -0.1) is 0 Å². The molecule has 0 N–H and O–H groups in total. The van der Waals surface area contributed by atoms with E-state index >= 15 is 0 Å². The molecular formula is C12H15F3O4S. The van der Waals surface area contributed by atoms with Crippen LogP contribution >= 0.6 is 0 Å². The number of benzene rings is 1. The minimum atomic E-state index is -5.51. The first-order chi connectivity index (χ1) is 9.12. The molecule has 0 atom stereocenters. The van der Waals surface area contributed by atoms with E-state index < -0.39 is 22.2 Å². The van der Waals surface area contributed by atoms with Gasteiger partial charge in [0.05, 0.1) is 13.2 Å². The standard InChI is InChI=1S/C12H15F3O4S/c1-9-6-10(2)8-11(7-9)18-4-3-5-19-20(16,17)12(13,14)15/h6-8H,3-5H2,1-2H3. The molecule has 114 valence electrons. The predicted molar refractivity (Wildman–Crippen MR) is 67.0 cm³/mol. The van der Waals surface area contributed by atoms with Crippen LogP contribution in [-0.4, -0.2) is 27.1 Å². The number of rotatable bonds is 6. The van der Waals surface area contributed by atoms with Gasteiger partial charge < -0.3 is 4.74 Å². The quantitative estimate of drug-likeness (QED) is 0.460. The maximum atomic E-state index is 12.0. The fraction of sp³-hybridized carbons (Fsp3) is 0.500. The lowest BCUT2D eigenvalue weighted by Gasteiger charge is -2.10. The van der Waals surface area contributed by atoms with Gasteiger partial charge in [-0.05, 0) is 37.1 Å². The van der Waals surface area contributed by atoms with Gasteiger partial charge in [-0.25, -0.2) is 0 Å². The number of hydrogen-bond donors (Lipinski definition) is 0. The Morgan fingerprint density at radius 1 is 1.05 bits per heavy atom. The number of ether oxygens (including phenoxy) is 1. The average Bonchev–Trinajstić information content (AvgIpc) is 2.25. The third kappa shape index (κ3) is 5.01. The zero-order chi connectivity index (χ0) is 15.4. The maximum Gasteiger partial charge on any atom is 0.523 e. The minimum Gasteiger partial charge on any atom is -0.493 e. The van der Waals surface area contributed by atoms with Gasteiger partial charge in [0.2, 0.25) is 0 Å². The molecule has 0 aliphatic rings. The second kappa shape index (κ2) is 6.45. The summed E-state index contributed by atoms with van der Waals surface area (Å²) in [5, 5.41) is 0. The second-order valence-electron chi connectivity index (χ2n) is 4.25. The highest BCUT2D eigenvalue weighted by molar-refractivity contribution is 7.87. The van der Waals surface area contributed by atoms with E-state index in [-0.39, 0.29) is 13.0 Å². The summed E-state index contributed by atoms with van der Waals surface area (Å²) >= 11 is 0. The number of hydrogen-bond acceptors (Lipinski definition) is 4. The van der Waals surface area contributed by atoms with Gasteiger partial charge in [-0.2, -0.15) is 21.6 Å². The molecule has 0 saturated heterocycles. The third-order valence-electron chi connectivity index (χ3n) is 2.27. The molecule has 0 bridgehead atoms. The van der Waals surface area contributed by atoms with Crippen molar-refractivity contribution < 1.29 is 30.5 Å². The van der Waals surface area contributed by atoms with Crippen molar-refractivity contribution in [1.82, 2.24) is 0 Å². The minimum absolute atomic E-state index is 0.0301. The molecular weight excluding hydrogens is 297 g/mol. The summed E-state index contributed by atoms with van der Waals surface area (Å²) in [6, 6.07) is 5.51. The van der Waals surface area contributed by atoms with E-state index in [4.69, 9.17) is 4.74 Å². The van der Waals surface area contributed by atoms with E-state index in [0.29, 0.717) is 5.75 Å². The van der Waals surface area contributed by atoms with E-state index in [0.717, 1.165) is 11.1 Å². The Morgan fingerprint density at radius 2 is 1.60 bits per heavy atom. The predicted octanol–water partition coefficient (Wildman–Crippen LogP) is 2.94. The van der Waals surface area contributed by atoms with E-state index in [1.165, 1.54) is 0 Å². The molecule has 0 aliphatic carbocycles. The smallest absolute Gasteiger partial charge is 0.493 e. The summed E-state index contributed by atoms with van der Waals surface area (Å²) < 4.78 is 66.2. The van der Waals surface area contributed by atoms with Crippen LogP contribution in [0.2, 0.25) is 0 Å². The molecule has 0 amide bonds. The van der Waals surface area contributed by atoms with Crippen LogP contribution in [0.5, 0.6) is 5.75 Å². The molecule has 0 saturated carbocycles. The first kappa shape index (κ1) is 16.8. The van der Waals surface area contributed by atoms with Crippen molar-refractivity contribution in [1.29, 1.82) is 0 Å². The first-order valence-corrected chi connectivity index (χ1v) is 7.19. The topological polar surface area (TPSA) is 52.6 Å². The van der Waals surface area contributed by atoms with Gasteiger partial charge in [0.15, 0.2) is 0 Å². The van der Waals surface area contributed by atoms with Crippen LogP contribution in [0.25, 0.3) is 0 Å². The molecule has 0 aromatic heterocycles. The first-order valence-electron chi connectivity index (χ1n) is 5.78. The van der Waals surface area contributed by atoms with Crippen LogP contribution < -0.4 is 4.74 Å². The Bertz CT molecular complexity index is 532. The summed E-state index contributed by atoms with van der Waals surface area (Å²) in [7, 11) is -5.51. The summed E-state index contributed by atoms with van der Waals surface area (Å²) in [5.74, 6) is 0.584. The van der Waals surface area contributed by atoms with E-state index in [9.17, 15) is 21.6 Å². The Hall–Kier alpha value is -1.28. The van der Waals surface area contributed by atoms with Crippen molar-refractivity contribution in [2.75, 3.05) is 13.2 Å². The molecule has 0 spiro atoms. The lowest BCUT2D eigenvalue weighted by atomic mass is 10.1. The summed E-state index contributed by atoms with van der Waals surface area (Å²) in [4.78, 5) is 0. The molecule has 0 unspecified atom stereocenters. The van der Waals surface area contributed by atoms with Gasteiger partial charge in [0.1, 0.15) is 5.75 Å². The highest BCUT2D eigenvalue weighted by atomic mass is 32.2. The van der Waals surface area contributed by atoms with Gasteiger partial charge >= 0.3 is 15.6 Å². The lowest BCUT2D eigenvalue weighted by Crippen LogP contribution is -2.26. The fourth-order valence-electron chi connectivity index (χ4n) is 1.50. The van der Waals surface area contributed by atoms with Crippen molar-refractivity contribution in [3.8, 4) is 5.75 Å². The third-order valence-corrected chi connectivity index (χ3v) is 3.32. The van der Waals surface area contributed by atoms with E-state index in [1.807, 2.05) is 19.9 Å². The second-order valence-corrected chi connectivity index (χ2v) is 5.85. The number of aryl methyl sites for hydroxylation is 2. The van der Waals surface area contributed by atoms with Gasteiger partial charge in [0, 0.05) is 6.42 Å². The monoisotopic (exact) mass is 312 g/mol. The molecule has 1 aromatic rings. The van der Waals surface area contributed by atoms with E-state index in [2.05, 4.69) is 4.18 Å². The van der Waals surface area contributed by atoms with Crippen LogP contribution in [0.3, 0.4) is 0 Å². The number of alkyl halides is 3. The molecule has 0 aliphatic heterocycles. The molecule has 20 heavy (non-hydrogen) atoms. The Kier molecular flexibility index (Phi) is 5.41. The van der Waals surface area contributed by atoms with Gasteiger partial charge in [-0.1, -0.05) is 6.07 Å². The van der Waals surface area contributed by atoms with Crippen LogP contribution in [0.1, 0.15) is 17.5 Å².